The second-order valence-corrected chi connectivity index (χ2v) is 7.09. The lowest BCUT2D eigenvalue weighted by Crippen LogP contribution is -2.36. The molecular weight excluding hydrogens is 304 g/mol. The molecule has 2 aliphatic rings. The zero-order valence-corrected chi connectivity index (χ0v) is 14.5. The van der Waals surface area contributed by atoms with E-state index < -0.39 is 0 Å². The van der Waals surface area contributed by atoms with Crippen LogP contribution >= 0.6 is 0 Å². The van der Waals surface area contributed by atoms with Gasteiger partial charge >= 0.3 is 0 Å². The molecule has 3 rings (SSSR count). The molecule has 0 bridgehead atoms. The molecule has 0 aliphatic carbocycles. The number of carbonyl (C=O) groups excluding carboxylic acids is 1. The van der Waals surface area contributed by atoms with Crippen molar-refractivity contribution in [2.24, 2.45) is 11.8 Å². The monoisotopic (exact) mass is 332 g/mol. The number of likely N-dealkylation sites (N-methyl/N-ethyl adjacent to an activating group) is 1. The maximum Gasteiger partial charge on any atom is 0.272 e. The maximum atomic E-state index is 12.6. The molecule has 0 saturated carbocycles. The first-order valence-corrected chi connectivity index (χ1v) is 8.89. The van der Waals surface area contributed by atoms with E-state index in [0.717, 1.165) is 32.7 Å². The minimum Gasteiger partial charge on any atom is -0.396 e. The number of aromatic nitrogens is 1. The van der Waals surface area contributed by atoms with Gasteiger partial charge in [-0.3, -0.25) is 9.78 Å². The molecule has 6 nitrogen and oxygen atoms in total. The number of aliphatic hydroxyl groups excluding tert-OH is 1. The highest BCUT2D eigenvalue weighted by atomic mass is 16.3. The molecule has 1 aromatic rings. The Morgan fingerprint density at radius 2 is 2.04 bits per heavy atom. The van der Waals surface area contributed by atoms with E-state index >= 15 is 0 Å². The quantitative estimate of drug-likeness (QED) is 0.865. The van der Waals surface area contributed by atoms with E-state index in [1.165, 1.54) is 6.42 Å². The predicted molar refractivity (Wildman–Crippen MR) is 92.8 cm³/mol. The SMILES string of the molecule is CN1CCCN(CC2CN(C(=O)c3ccccn3)CC2CO)CC1. The number of rotatable bonds is 4. The molecular formula is C18H28N4O2. The highest BCUT2D eigenvalue weighted by Gasteiger charge is 2.36. The lowest BCUT2D eigenvalue weighted by Gasteiger charge is -2.26. The van der Waals surface area contributed by atoms with Crippen molar-refractivity contribution in [2.75, 3.05) is 59.5 Å². The summed E-state index contributed by atoms with van der Waals surface area (Å²) in [7, 11) is 2.17. The van der Waals surface area contributed by atoms with Gasteiger partial charge in [0.25, 0.3) is 5.91 Å². The fourth-order valence-corrected chi connectivity index (χ4v) is 3.78. The van der Waals surface area contributed by atoms with Crippen molar-refractivity contribution < 1.29 is 9.90 Å². The topological polar surface area (TPSA) is 59.9 Å². The highest BCUT2D eigenvalue weighted by Crippen LogP contribution is 2.25. The molecule has 132 valence electrons. The molecule has 0 aromatic carbocycles. The fraction of sp³-hybridized carbons (Fsp3) is 0.667. The van der Waals surface area contributed by atoms with Crippen LogP contribution in [0.2, 0.25) is 0 Å². The van der Waals surface area contributed by atoms with Gasteiger partial charge in [-0.25, -0.2) is 0 Å². The first kappa shape index (κ1) is 17.3. The van der Waals surface area contributed by atoms with Crippen molar-refractivity contribution in [1.82, 2.24) is 19.7 Å². The summed E-state index contributed by atoms with van der Waals surface area (Å²) in [5.41, 5.74) is 0.492. The summed E-state index contributed by atoms with van der Waals surface area (Å²) >= 11 is 0. The Morgan fingerprint density at radius 3 is 2.79 bits per heavy atom. The van der Waals surface area contributed by atoms with E-state index in [9.17, 15) is 9.90 Å². The summed E-state index contributed by atoms with van der Waals surface area (Å²) in [6, 6.07) is 5.41. The van der Waals surface area contributed by atoms with Crippen LogP contribution in [0.5, 0.6) is 0 Å². The van der Waals surface area contributed by atoms with Crippen LogP contribution in [-0.2, 0) is 0 Å². The number of nitrogens with zero attached hydrogens (tertiary/aromatic N) is 4. The number of hydrogen-bond donors (Lipinski definition) is 1. The van der Waals surface area contributed by atoms with Crippen LogP contribution in [0.3, 0.4) is 0 Å². The van der Waals surface area contributed by atoms with Gasteiger partial charge in [-0.1, -0.05) is 6.07 Å². The third-order valence-electron chi connectivity index (χ3n) is 5.29. The Hall–Kier alpha value is -1.50. The predicted octanol–water partition coefficient (Wildman–Crippen LogP) is 0.400. The summed E-state index contributed by atoms with van der Waals surface area (Å²) in [6.07, 6.45) is 2.83. The summed E-state index contributed by atoms with van der Waals surface area (Å²) in [5.74, 6) is 0.483. The smallest absolute Gasteiger partial charge is 0.272 e. The number of hydrogen-bond acceptors (Lipinski definition) is 5. The third-order valence-corrected chi connectivity index (χ3v) is 5.29. The van der Waals surface area contributed by atoms with Gasteiger partial charge in [0.1, 0.15) is 5.69 Å². The normalized spacial score (nSPS) is 26.5. The number of aliphatic hydroxyl groups is 1. The van der Waals surface area contributed by atoms with Crippen molar-refractivity contribution in [3.8, 4) is 0 Å². The second-order valence-electron chi connectivity index (χ2n) is 7.09. The molecule has 2 aliphatic heterocycles. The van der Waals surface area contributed by atoms with Gasteiger partial charge in [-0.05, 0) is 44.6 Å². The van der Waals surface area contributed by atoms with Crippen molar-refractivity contribution >= 4 is 5.91 Å². The molecule has 3 heterocycles. The lowest BCUT2D eigenvalue weighted by molar-refractivity contribution is 0.0773. The standard InChI is InChI=1S/C18H28N4O2/c1-20-7-4-8-21(10-9-20)11-15-12-22(13-16(15)14-23)18(24)17-5-2-3-6-19-17/h2-3,5-6,15-16,23H,4,7-14H2,1H3. The van der Waals surface area contributed by atoms with Crippen LogP contribution in [0, 0.1) is 11.8 Å². The Balaban J connectivity index is 1.61. The molecule has 1 amide bonds. The van der Waals surface area contributed by atoms with Crippen molar-refractivity contribution in [2.45, 2.75) is 6.42 Å². The van der Waals surface area contributed by atoms with Gasteiger partial charge in [0.15, 0.2) is 0 Å². The average molecular weight is 332 g/mol. The zero-order chi connectivity index (χ0) is 16.9. The molecule has 6 heteroatoms. The van der Waals surface area contributed by atoms with Gasteiger partial charge in [-0.15, -0.1) is 0 Å². The van der Waals surface area contributed by atoms with Gasteiger partial charge in [0.05, 0.1) is 0 Å². The Bertz CT molecular complexity index is 539. The fourth-order valence-electron chi connectivity index (χ4n) is 3.78. The Labute approximate surface area is 144 Å². The van der Waals surface area contributed by atoms with Crippen molar-refractivity contribution in [1.29, 1.82) is 0 Å². The first-order valence-electron chi connectivity index (χ1n) is 8.89. The minimum atomic E-state index is -0.0212. The molecule has 1 aromatic heterocycles. The Morgan fingerprint density at radius 1 is 1.21 bits per heavy atom. The van der Waals surface area contributed by atoms with Crippen LogP contribution < -0.4 is 0 Å². The number of amides is 1. The molecule has 2 unspecified atom stereocenters. The van der Waals surface area contributed by atoms with Gasteiger partial charge in [-0.2, -0.15) is 0 Å². The minimum absolute atomic E-state index is 0.0212. The summed E-state index contributed by atoms with van der Waals surface area (Å²) in [4.78, 5) is 23.5. The summed E-state index contributed by atoms with van der Waals surface area (Å²) in [5, 5.41) is 9.75. The molecule has 2 saturated heterocycles. The van der Waals surface area contributed by atoms with E-state index in [1.54, 1.807) is 12.3 Å². The molecule has 2 fully saturated rings. The average Bonchev–Trinajstić information content (AvgIpc) is 2.91. The van der Waals surface area contributed by atoms with Crippen molar-refractivity contribution in [3.63, 3.8) is 0 Å². The van der Waals surface area contributed by atoms with Crippen LogP contribution in [0.1, 0.15) is 16.9 Å². The van der Waals surface area contributed by atoms with Gasteiger partial charge < -0.3 is 19.8 Å². The molecule has 0 radical (unpaired) electrons. The summed E-state index contributed by atoms with van der Waals surface area (Å²) < 4.78 is 0. The number of likely N-dealkylation sites (tertiary alicyclic amines) is 1. The summed E-state index contributed by atoms with van der Waals surface area (Å²) in [6.45, 7) is 6.86. The molecule has 0 spiro atoms. The van der Waals surface area contributed by atoms with E-state index in [-0.39, 0.29) is 18.4 Å². The second kappa shape index (κ2) is 8.05. The van der Waals surface area contributed by atoms with Gasteiger partial charge in [0, 0.05) is 51.4 Å². The first-order chi connectivity index (χ1) is 11.7. The maximum absolute atomic E-state index is 12.6. The molecule has 24 heavy (non-hydrogen) atoms. The van der Waals surface area contributed by atoms with Gasteiger partial charge in [0.2, 0.25) is 0 Å². The van der Waals surface area contributed by atoms with E-state index in [4.69, 9.17) is 0 Å². The Kier molecular flexibility index (Phi) is 5.81. The number of pyridine rings is 1. The zero-order valence-electron chi connectivity index (χ0n) is 14.5. The van der Waals surface area contributed by atoms with Crippen LogP contribution in [0.25, 0.3) is 0 Å². The molecule has 1 N–H and O–H groups in total. The third kappa shape index (κ3) is 4.12. The van der Waals surface area contributed by atoms with Crippen molar-refractivity contribution in [3.05, 3.63) is 30.1 Å². The highest BCUT2D eigenvalue weighted by molar-refractivity contribution is 5.92. The molecule has 2 atom stereocenters. The van der Waals surface area contributed by atoms with E-state index in [0.29, 0.717) is 24.7 Å². The number of carbonyl (C=O) groups is 1. The largest absolute Gasteiger partial charge is 0.396 e. The van der Waals surface area contributed by atoms with E-state index in [2.05, 4.69) is 21.8 Å². The lowest BCUT2D eigenvalue weighted by atomic mass is 9.96. The van der Waals surface area contributed by atoms with Crippen LogP contribution in [0.4, 0.5) is 0 Å². The van der Waals surface area contributed by atoms with Crippen LogP contribution in [-0.4, -0.2) is 90.2 Å². The van der Waals surface area contributed by atoms with E-state index in [1.807, 2.05) is 17.0 Å². The van der Waals surface area contributed by atoms with Crippen LogP contribution in [0.15, 0.2) is 24.4 Å².